The molecule has 1 atom stereocenters. The third-order valence-corrected chi connectivity index (χ3v) is 15.3. The van der Waals surface area contributed by atoms with Crippen molar-refractivity contribution in [3.05, 3.63) is 198 Å². The van der Waals surface area contributed by atoms with Crippen LogP contribution in [0.25, 0.3) is 81.1 Å². The molecule has 2 aromatic heterocycles. The molecule has 61 heavy (non-hydrogen) atoms. The first-order valence-corrected chi connectivity index (χ1v) is 23.0. The van der Waals surface area contributed by atoms with E-state index in [9.17, 15) is 0 Å². The van der Waals surface area contributed by atoms with Crippen molar-refractivity contribution in [2.75, 3.05) is 0 Å². The number of nitrogens with zero attached hydrogens (tertiary/aromatic N) is 1. The number of rotatable bonds is 5. The average Bonchev–Trinajstić information content (AvgIpc) is 3.87. The van der Waals surface area contributed by atoms with E-state index in [1.807, 2.05) is 11.3 Å². The van der Waals surface area contributed by atoms with Gasteiger partial charge in [-0.3, -0.25) is 0 Å². The predicted molar refractivity (Wildman–Crippen MR) is 262 cm³/mol. The first-order chi connectivity index (χ1) is 30.1. The summed E-state index contributed by atoms with van der Waals surface area (Å²) in [4.78, 5) is 0. The predicted octanol–water partition coefficient (Wildman–Crippen LogP) is 15.7. The van der Waals surface area contributed by atoms with E-state index in [4.69, 9.17) is 5.73 Å². The normalized spacial score (nSPS) is 23.8. The van der Waals surface area contributed by atoms with Crippen LogP contribution in [0.15, 0.2) is 187 Å². The van der Waals surface area contributed by atoms with Gasteiger partial charge in [-0.25, -0.2) is 0 Å². The number of hydrogen-bond donors (Lipinski definition) is 1. The molecule has 2 saturated carbocycles. The van der Waals surface area contributed by atoms with E-state index < -0.39 is 0 Å². The Morgan fingerprint density at radius 1 is 0.574 bits per heavy atom. The molecular weight excluding hydrogens is 757 g/mol. The maximum atomic E-state index is 7.32. The van der Waals surface area contributed by atoms with Crippen molar-refractivity contribution in [1.29, 1.82) is 0 Å². The van der Waals surface area contributed by atoms with Gasteiger partial charge in [0.2, 0.25) is 0 Å². The molecule has 5 aliphatic rings. The van der Waals surface area contributed by atoms with Gasteiger partial charge in [-0.2, -0.15) is 0 Å². The number of aromatic nitrogens is 1. The van der Waals surface area contributed by atoms with Crippen molar-refractivity contribution in [2.45, 2.75) is 56.9 Å². The Hall–Kier alpha value is -6.26. The molecule has 13 rings (SSSR count). The highest BCUT2D eigenvalue weighted by Crippen LogP contribution is 2.46. The molecule has 0 spiro atoms. The summed E-state index contributed by atoms with van der Waals surface area (Å²) >= 11 is 1.89. The Morgan fingerprint density at radius 2 is 1.25 bits per heavy atom. The topological polar surface area (TPSA) is 30.9 Å². The van der Waals surface area contributed by atoms with Crippen molar-refractivity contribution in [2.24, 2.45) is 11.7 Å². The molecule has 8 aromatic rings. The van der Waals surface area contributed by atoms with Crippen molar-refractivity contribution < 1.29 is 0 Å². The van der Waals surface area contributed by atoms with Gasteiger partial charge in [0.05, 0.1) is 11.0 Å². The Kier molecular flexibility index (Phi) is 8.83. The van der Waals surface area contributed by atoms with E-state index in [1.54, 1.807) is 5.57 Å². The molecular formula is C58H48N2S. The number of allylic oxidation sites excluding steroid dienone is 11. The van der Waals surface area contributed by atoms with E-state index >= 15 is 0 Å². The third-order valence-electron chi connectivity index (χ3n) is 14.2. The molecule has 2 N–H and O–H groups in total. The van der Waals surface area contributed by atoms with Crippen LogP contribution >= 0.6 is 11.3 Å². The van der Waals surface area contributed by atoms with E-state index in [2.05, 4.69) is 181 Å². The Labute approximate surface area is 362 Å². The van der Waals surface area contributed by atoms with E-state index in [0.29, 0.717) is 5.92 Å². The molecule has 6 aromatic carbocycles. The molecule has 2 nitrogen and oxygen atoms in total. The van der Waals surface area contributed by atoms with Crippen LogP contribution in [-0.4, -0.2) is 10.1 Å². The van der Waals surface area contributed by atoms with Gasteiger partial charge in [-0.15, -0.1) is 11.3 Å². The second kappa shape index (κ2) is 14.7. The lowest BCUT2D eigenvalue weighted by Crippen LogP contribution is -2.43. The van der Waals surface area contributed by atoms with Crippen LogP contribution in [0.2, 0.25) is 0 Å². The van der Waals surface area contributed by atoms with Gasteiger partial charge in [0.15, 0.2) is 0 Å². The van der Waals surface area contributed by atoms with Gasteiger partial charge in [-0.1, -0.05) is 139 Å². The molecule has 5 aliphatic carbocycles. The van der Waals surface area contributed by atoms with Crippen LogP contribution in [-0.2, 0) is 0 Å². The van der Waals surface area contributed by atoms with Gasteiger partial charge in [0.25, 0.3) is 0 Å². The molecule has 4 bridgehead atoms. The first kappa shape index (κ1) is 36.6. The van der Waals surface area contributed by atoms with Crippen molar-refractivity contribution in [3.63, 3.8) is 0 Å². The Balaban J connectivity index is 0.976. The smallest absolute Gasteiger partial charge is 0.0541 e. The van der Waals surface area contributed by atoms with Gasteiger partial charge in [-0.05, 0) is 150 Å². The van der Waals surface area contributed by atoms with E-state index in [1.165, 1.54) is 123 Å². The highest BCUT2D eigenvalue weighted by molar-refractivity contribution is 7.25. The lowest BCUT2D eigenvalue weighted by molar-refractivity contribution is 0.423. The maximum Gasteiger partial charge on any atom is 0.0541 e. The van der Waals surface area contributed by atoms with Crippen LogP contribution < -0.4 is 5.73 Å². The molecule has 2 heterocycles. The minimum atomic E-state index is -0.350. The van der Waals surface area contributed by atoms with Crippen molar-refractivity contribution in [3.8, 4) is 27.9 Å². The zero-order valence-corrected chi connectivity index (χ0v) is 35.2. The lowest BCUT2D eigenvalue weighted by atomic mass is 9.72. The molecule has 0 aliphatic heterocycles. The molecule has 0 amide bonds. The first-order valence-electron chi connectivity index (χ1n) is 22.2. The number of fused-ring (bicyclic) bond motifs is 12. The lowest BCUT2D eigenvalue weighted by Gasteiger charge is -2.37. The fourth-order valence-corrected chi connectivity index (χ4v) is 12.1. The summed E-state index contributed by atoms with van der Waals surface area (Å²) < 4.78 is 5.10. The summed E-state index contributed by atoms with van der Waals surface area (Å²) in [6, 6.07) is 48.1. The van der Waals surface area contributed by atoms with Crippen LogP contribution in [0.1, 0.15) is 62.5 Å². The summed E-state index contributed by atoms with van der Waals surface area (Å²) in [7, 11) is 0. The molecule has 0 radical (unpaired) electrons. The molecule has 1 unspecified atom stereocenters. The molecule has 296 valence electrons. The molecule has 3 heteroatoms. The summed E-state index contributed by atoms with van der Waals surface area (Å²) in [6.45, 7) is 0. The van der Waals surface area contributed by atoms with E-state index in [0.717, 1.165) is 25.7 Å². The second-order valence-electron chi connectivity index (χ2n) is 17.7. The van der Waals surface area contributed by atoms with Crippen LogP contribution in [0.5, 0.6) is 0 Å². The zero-order chi connectivity index (χ0) is 40.5. The maximum absolute atomic E-state index is 7.32. The minimum absolute atomic E-state index is 0.350. The fourth-order valence-electron chi connectivity index (χ4n) is 11.0. The zero-order valence-electron chi connectivity index (χ0n) is 34.4. The highest BCUT2D eigenvalue weighted by atomic mass is 32.1. The number of para-hydroxylation sites is 1. The monoisotopic (exact) mass is 804 g/mol. The standard InChI is InChI=1S/C58H48N2S/c59-58-32-30-38(31-33-58)12-2-9-22-53(58)48-20-7-5-18-46(48)41-24-27-55-50(35-41)49-21-8-10-23-54(49)60(55)43-26-29-57-52(37-43)51-36-42(25-28-56(51)61-57)45-17-4-6-19-47(45)44-16-3-1-13-39-14-11-15-40(44)34-39/h1-10,12-13,16-29,35-37,39H,11,14-15,30-34,59H2/b9-2-,13-1-,16-3-,38-12?,44-40+,53-22-. The van der Waals surface area contributed by atoms with Crippen LogP contribution in [0.3, 0.4) is 0 Å². The number of benzene rings is 6. The number of hydrogen-bond acceptors (Lipinski definition) is 2. The SMILES string of the molecule is NC12CCC(=C/C=C\C=C/1c1ccccc1-c1ccc3c(c1)c1ccccc1n3-c1ccc3sc4ccc(-c5ccccc5C5=C6\CCCC(\C=C/C=C\5)C6)cc4c3c1)CC2. The quantitative estimate of drug-likeness (QED) is 0.185. The van der Waals surface area contributed by atoms with Crippen molar-refractivity contribution >= 4 is 64.5 Å². The highest BCUT2D eigenvalue weighted by Gasteiger charge is 2.35. The van der Waals surface area contributed by atoms with Gasteiger partial charge in [0, 0.05) is 42.2 Å². The van der Waals surface area contributed by atoms with Gasteiger partial charge < -0.3 is 10.3 Å². The summed E-state index contributed by atoms with van der Waals surface area (Å²) in [5, 5.41) is 5.14. The summed E-state index contributed by atoms with van der Waals surface area (Å²) in [5.74, 6) is 0.653. The molecule has 0 saturated heterocycles. The number of nitrogens with two attached hydrogens (primary N) is 1. The Bertz CT molecular complexity index is 3270. The molecule has 2 fully saturated rings. The number of thiophene rings is 1. The Morgan fingerprint density at radius 3 is 2.10 bits per heavy atom. The minimum Gasteiger partial charge on any atom is -0.321 e. The van der Waals surface area contributed by atoms with E-state index in [-0.39, 0.29) is 5.54 Å². The van der Waals surface area contributed by atoms with Gasteiger partial charge in [0.1, 0.15) is 0 Å². The van der Waals surface area contributed by atoms with Gasteiger partial charge >= 0.3 is 0 Å². The largest absolute Gasteiger partial charge is 0.321 e. The average molecular weight is 805 g/mol. The fraction of sp³-hybridized carbons (Fsp3) is 0.172. The van der Waals surface area contributed by atoms with Crippen LogP contribution in [0, 0.1) is 5.92 Å². The summed E-state index contributed by atoms with van der Waals surface area (Å²) in [5.41, 5.74) is 24.0. The third kappa shape index (κ3) is 6.25. The van der Waals surface area contributed by atoms with Crippen molar-refractivity contribution in [1.82, 2.24) is 4.57 Å². The second-order valence-corrected chi connectivity index (χ2v) is 18.8. The van der Waals surface area contributed by atoms with Crippen LogP contribution in [0.4, 0.5) is 0 Å². The summed E-state index contributed by atoms with van der Waals surface area (Å²) in [6.07, 6.45) is 27.2.